The molecule has 8 heteroatoms. The van der Waals surface area contributed by atoms with Gasteiger partial charge in [0.15, 0.2) is 0 Å². The molecule has 1 aromatic heterocycles. The van der Waals surface area contributed by atoms with Crippen LogP contribution in [0.1, 0.15) is 22.6 Å². The number of halogens is 3. The fraction of sp³-hybridized carbons (Fsp3) is 0.375. The molecule has 0 radical (unpaired) electrons. The molecule has 0 N–H and O–H groups in total. The lowest BCUT2D eigenvalue weighted by molar-refractivity contribution is -0.275. The van der Waals surface area contributed by atoms with Gasteiger partial charge in [-0.1, -0.05) is 23.4 Å². The van der Waals surface area contributed by atoms with Crippen molar-refractivity contribution in [2.24, 2.45) is 0 Å². The molecule has 5 nitrogen and oxygen atoms in total. The third-order valence-electron chi connectivity index (χ3n) is 3.54. The molecule has 0 saturated heterocycles. The number of aromatic nitrogens is 1. The Morgan fingerprint density at radius 3 is 2.54 bits per heavy atom. The fourth-order valence-electron chi connectivity index (χ4n) is 2.24. The first-order valence-corrected chi connectivity index (χ1v) is 7.16. The summed E-state index contributed by atoms with van der Waals surface area (Å²) < 4.78 is 46.3. The van der Waals surface area contributed by atoms with E-state index in [2.05, 4.69) is 9.89 Å². The summed E-state index contributed by atoms with van der Waals surface area (Å²) in [6, 6.07) is 5.73. The maximum atomic E-state index is 12.4. The summed E-state index contributed by atoms with van der Waals surface area (Å²) in [5, 5.41) is 3.78. The molecule has 24 heavy (non-hydrogen) atoms. The number of carbonyl (C=O) groups is 1. The Kier molecular flexibility index (Phi) is 5.16. The first-order chi connectivity index (χ1) is 11.2. The van der Waals surface area contributed by atoms with Gasteiger partial charge < -0.3 is 14.2 Å². The molecule has 0 unspecified atom stereocenters. The SMILES string of the molecule is Cc1noc(C)c1CC(=O)N(C)Cc1ccccc1OC(F)(F)F. The predicted molar refractivity (Wildman–Crippen MR) is 79.3 cm³/mol. The molecule has 0 fully saturated rings. The Balaban J connectivity index is 2.09. The van der Waals surface area contributed by atoms with Crippen molar-refractivity contribution in [3.8, 4) is 5.75 Å². The number of likely N-dealkylation sites (N-methyl/N-ethyl adjacent to an activating group) is 1. The Labute approximate surface area is 137 Å². The monoisotopic (exact) mass is 342 g/mol. The summed E-state index contributed by atoms with van der Waals surface area (Å²) in [5.74, 6) is -0.0248. The van der Waals surface area contributed by atoms with Crippen LogP contribution in [0.4, 0.5) is 13.2 Å². The number of rotatable bonds is 5. The highest BCUT2D eigenvalue weighted by Crippen LogP contribution is 2.27. The minimum Gasteiger partial charge on any atom is -0.405 e. The number of hydrogen-bond acceptors (Lipinski definition) is 4. The van der Waals surface area contributed by atoms with Crippen molar-refractivity contribution in [3.05, 3.63) is 46.8 Å². The van der Waals surface area contributed by atoms with Crippen LogP contribution in [0.25, 0.3) is 0 Å². The van der Waals surface area contributed by atoms with Gasteiger partial charge in [-0.15, -0.1) is 13.2 Å². The highest BCUT2D eigenvalue weighted by Gasteiger charge is 2.32. The van der Waals surface area contributed by atoms with Crippen LogP contribution in [0.5, 0.6) is 5.75 Å². The Morgan fingerprint density at radius 2 is 1.96 bits per heavy atom. The van der Waals surface area contributed by atoms with Crippen LogP contribution in [0, 0.1) is 13.8 Å². The molecule has 1 amide bonds. The average Bonchev–Trinajstić information content (AvgIpc) is 2.79. The minimum atomic E-state index is -4.78. The number of benzene rings is 1. The van der Waals surface area contributed by atoms with Crippen molar-refractivity contribution >= 4 is 5.91 Å². The Bertz CT molecular complexity index is 706. The first-order valence-electron chi connectivity index (χ1n) is 7.16. The van der Waals surface area contributed by atoms with Crippen LogP contribution in [0.2, 0.25) is 0 Å². The van der Waals surface area contributed by atoms with Gasteiger partial charge in [-0.05, 0) is 19.9 Å². The van der Waals surface area contributed by atoms with Gasteiger partial charge in [-0.2, -0.15) is 0 Å². The quantitative estimate of drug-likeness (QED) is 0.836. The van der Waals surface area contributed by atoms with Crippen molar-refractivity contribution < 1.29 is 27.2 Å². The molecule has 0 bridgehead atoms. The highest BCUT2D eigenvalue weighted by atomic mass is 19.4. The zero-order chi connectivity index (χ0) is 17.9. The van der Waals surface area contributed by atoms with Gasteiger partial charge in [-0.25, -0.2) is 0 Å². The number of ether oxygens (including phenoxy) is 1. The van der Waals surface area contributed by atoms with Gasteiger partial charge in [0.1, 0.15) is 11.5 Å². The fourth-order valence-corrected chi connectivity index (χ4v) is 2.24. The lowest BCUT2D eigenvalue weighted by atomic mass is 10.1. The lowest BCUT2D eigenvalue weighted by Gasteiger charge is -2.20. The third kappa shape index (κ3) is 4.50. The van der Waals surface area contributed by atoms with Gasteiger partial charge in [0.25, 0.3) is 0 Å². The summed E-state index contributed by atoms with van der Waals surface area (Å²) in [7, 11) is 1.52. The number of alkyl halides is 3. The topological polar surface area (TPSA) is 55.6 Å². The van der Waals surface area contributed by atoms with Gasteiger partial charge in [0, 0.05) is 24.7 Å². The second kappa shape index (κ2) is 6.94. The largest absolute Gasteiger partial charge is 0.573 e. The molecule has 0 saturated carbocycles. The molecular weight excluding hydrogens is 325 g/mol. The van der Waals surface area contributed by atoms with Gasteiger partial charge in [0.2, 0.25) is 5.91 Å². The first kappa shape index (κ1) is 17.8. The summed E-state index contributed by atoms with van der Waals surface area (Å²) in [4.78, 5) is 13.6. The average molecular weight is 342 g/mol. The predicted octanol–water partition coefficient (Wildman–Crippen LogP) is 3.39. The zero-order valence-corrected chi connectivity index (χ0v) is 13.5. The van der Waals surface area contributed by atoms with Crippen molar-refractivity contribution in [1.29, 1.82) is 0 Å². The van der Waals surface area contributed by atoms with Crippen LogP contribution in [0.3, 0.4) is 0 Å². The van der Waals surface area contributed by atoms with Crippen molar-refractivity contribution in [2.75, 3.05) is 7.05 Å². The molecule has 0 aliphatic carbocycles. The van der Waals surface area contributed by atoms with Crippen molar-refractivity contribution in [3.63, 3.8) is 0 Å². The van der Waals surface area contributed by atoms with Crippen molar-refractivity contribution in [2.45, 2.75) is 33.2 Å². The maximum Gasteiger partial charge on any atom is 0.573 e. The number of aryl methyl sites for hydroxylation is 2. The lowest BCUT2D eigenvalue weighted by Crippen LogP contribution is -2.28. The van der Waals surface area contributed by atoms with Gasteiger partial charge >= 0.3 is 6.36 Å². The zero-order valence-electron chi connectivity index (χ0n) is 13.5. The number of carbonyl (C=O) groups excluding carboxylic acids is 1. The van der Waals surface area contributed by atoms with Crippen LogP contribution in [-0.2, 0) is 17.8 Å². The molecule has 1 heterocycles. The van der Waals surface area contributed by atoms with Crippen LogP contribution in [-0.4, -0.2) is 29.4 Å². The number of para-hydroxylation sites is 1. The third-order valence-corrected chi connectivity index (χ3v) is 3.54. The summed E-state index contributed by atoms with van der Waals surface area (Å²) >= 11 is 0. The van der Waals surface area contributed by atoms with Crippen LogP contribution >= 0.6 is 0 Å². The molecule has 2 aromatic rings. The minimum absolute atomic E-state index is 0.00549. The normalized spacial score (nSPS) is 11.4. The molecule has 130 valence electrons. The van der Waals surface area contributed by atoms with E-state index in [0.29, 0.717) is 17.0 Å². The second-order valence-corrected chi connectivity index (χ2v) is 5.38. The van der Waals surface area contributed by atoms with E-state index in [-0.39, 0.29) is 30.2 Å². The van der Waals surface area contributed by atoms with E-state index in [1.807, 2.05) is 0 Å². The number of nitrogens with zero attached hydrogens (tertiary/aromatic N) is 2. The summed E-state index contributed by atoms with van der Waals surface area (Å²) in [5.41, 5.74) is 1.58. The number of amides is 1. The van der Waals surface area contributed by atoms with Crippen molar-refractivity contribution in [1.82, 2.24) is 10.1 Å². The van der Waals surface area contributed by atoms with E-state index in [0.717, 1.165) is 0 Å². The second-order valence-electron chi connectivity index (χ2n) is 5.38. The Hall–Kier alpha value is -2.51. The Morgan fingerprint density at radius 1 is 1.29 bits per heavy atom. The van der Waals surface area contributed by atoms with E-state index >= 15 is 0 Å². The summed E-state index contributed by atoms with van der Waals surface area (Å²) in [6.07, 6.45) is -4.71. The smallest absolute Gasteiger partial charge is 0.405 e. The van der Waals surface area contributed by atoms with E-state index in [1.165, 1.54) is 30.1 Å². The standard InChI is InChI=1S/C16H17F3N2O3/c1-10-13(11(2)24-20-10)8-15(22)21(3)9-12-6-4-5-7-14(12)23-16(17,18)19/h4-7H,8-9H2,1-3H3. The molecule has 0 atom stereocenters. The van der Waals surface area contributed by atoms with E-state index in [4.69, 9.17) is 4.52 Å². The van der Waals surface area contributed by atoms with E-state index < -0.39 is 6.36 Å². The molecule has 1 aromatic carbocycles. The molecule has 0 aliphatic rings. The summed E-state index contributed by atoms with van der Waals surface area (Å²) in [6.45, 7) is 3.43. The maximum absolute atomic E-state index is 12.4. The van der Waals surface area contributed by atoms with Crippen LogP contribution in [0.15, 0.2) is 28.8 Å². The molecule has 2 rings (SSSR count). The molecular formula is C16H17F3N2O3. The van der Waals surface area contributed by atoms with Gasteiger partial charge in [0.05, 0.1) is 12.1 Å². The van der Waals surface area contributed by atoms with E-state index in [1.54, 1.807) is 19.9 Å². The molecule has 0 spiro atoms. The highest BCUT2D eigenvalue weighted by molar-refractivity contribution is 5.79. The van der Waals surface area contributed by atoms with Gasteiger partial charge in [-0.3, -0.25) is 4.79 Å². The molecule has 0 aliphatic heterocycles. The number of hydrogen-bond donors (Lipinski definition) is 0. The van der Waals surface area contributed by atoms with E-state index in [9.17, 15) is 18.0 Å². The van der Waals surface area contributed by atoms with Crippen LogP contribution < -0.4 is 4.74 Å².